The first-order valence-corrected chi connectivity index (χ1v) is 8.23. The molecule has 0 saturated heterocycles. The van der Waals surface area contributed by atoms with Crippen molar-refractivity contribution in [1.29, 1.82) is 0 Å². The van der Waals surface area contributed by atoms with E-state index in [4.69, 9.17) is 14.2 Å². The van der Waals surface area contributed by atoms with Crippen LogP contribution in [0.1, 0.15) is 18.9 Å². The molecule has 0 heterocycles. The van der Waals surface area contributed by atoms with Gasteiger partial charge in [0.2, 0.25) is 0 Å². The van der Waals surface area contributed by atoms with Crippen molar-refractivity contribution in [3.63, 3.8) is 0 Å². The molecule has 0 saturated carbocycles. The number of hydrogen-bond acceptors (Lipinski definition) is 3. The predicted octanol–water partition coefficient (Wildman–Crippen LogP) is 5.00. The Labute approximate surface area is 140 Å². The van der Waals surface area contributed by atoms with Gasteiger partial charge in [0.15, 0.2) is 0 Å². The Hall–Kier alpha value is -1.68. The van der Waals surface area contributed by atoms with E-state index in [1.54, 1.807) is 0 Å². The molecule has 3 nitrogen and oxygen atoms in total. The number of aryl methyl sites for hydroxylation is 1. The SMILES string of the molecule is CCOc1ccc(OCCCOc2ccc(C)cc2Br)cc1. The van der Waals surface area contributed by atoms with Crippen LogP contribution >= 0.6 is 15.9 Å². The highest BCUT2D eigenvalue weighted by molar-refractivity contribution is 9.10. The Morgan fingerprint density at radius 1 is 0.864 bits per heavy atom. The van der Waals surface area contributed by atoms with Gasteiger partial charge in [-0.15, -0.1) is 0 Å². The van der Waals surface area contributed by atoms with Crippen molar-refractivity contribution >= 4 is 15.9 Å². The van der Waals surface area contributed by atoms with Crippen molar-refractivity contribution in [1.82, 2.24) is 0 Å². The minimum absolute atomic E-state index is 0.622. The second-order valence-corrected chi connectivity index (χ2v) is 5.74. The molecule has 0 bridgehead atoms. The van der Waals surface area contributed by atoms with Gasteiger partial charge in [0.05, 0.1) is 24.3 Å². The van der Waals surface area contributed by atoms with Crippen molar-refractivity contribution in [2.45, 2.75) is 20.3 Å². The van der Waals surface area contributed by atoms with Crippen LogP contribution in [-0.2, 0) is 0 Å². The topological polar surface area (TPSA) is 27.7 Å². The molecule has 2 rings (SSSR count). The average molecular weight is 365 g/mol. The Morgan fingerprint density at radius 3 is 2.14 bits per heavy atom. The van der Waals surface area contributed by atoms with E-state index in [0.717, 1.165) is 28.1 Å². The van der Waals surface area contributed by atoms with Crippen LogP contribution in [0.2, 0.25) is 0 Å². The first kappa shape index (κ1) is 16.7. The largest absolute Gasteiger partial charge is 0.494 e. The molecule has 118 valence electrons. The lowest BCUT2D eigenvalue weighted by molar-refractivity contribution is 0.246. The van der Waals surface area contributed by atoms with Crippen LogP contribution in [0.4, 0.5) is 0 Å². The van der Waals surface area contributed by atoms with Crippen LogP contribution < -0.4 is 14.2 Å². The van der Waals surface area contributed by atoms with E-state index >= 15 is 0 Å². The average Bonchev–Trinajstić information content (AvgIpc) is 2.51. The lowest BCUT2D eigenvalue weighted by atomic mass is 10.2. The van der Waals surface area contributed by atoms with Crippen LogP contribution in [0.15, 0.2) is 46.9 Å². The van der Waals surface area contributed by atoms with Crippen molar-refractivity contribution in [2.24, 2.45) is 0 Å². The monoisotopic (exact) mass is 364 g/mol. The fraction of sp³-hybridized carbons (Fsp3) is 0.333. The normalized spacial score (nSPS) is 10.3. The van der Waals surface area contributed by atoms with E-state index in [1.807, 2.05) is 49.4 Å². The lowest BCUT2D eigenvalue weighted by Gasteiger charge is -2.10. The molecule has 0 aliphatic carbocycles. The summed E-state index contributed by atoms with van der Waals surface area (Å²) in [7, 11) is 0. The summed E-state index contributed by atoms with van der Waals surface area (Å²) in [6.07, 6.45) is 0.827. The summed E-state index contributed by atoms with van der Waals surface area (Å²) >= 11 is 3.50. The second kappa shape index (κ2) is 8.69. The molecule has 0 fully saturated rings. The molecule has 0 aliphatic rings. The van der Waals surface area contributed by atoms with E-state index in [2.05, 4.69) is 22.9 Å². The smallest absolute Gasteiger partial charge is 0.133 e. The van der Waals surface area contributed by atoms with Crippen LogP contribution in [0.25, 0.3) is 0 Å². The Morgan fingerprint density at radius 2 is 1.50 bits per heavy atom. The Bertz CT molecular complexity index is 581. The first-order chi connectivity index (χ1) is 10.7. The summed E-state index contributed by atoms with van der Waals surface area (Å²) in [5.41, 5.74) is 1.21. The van der Waals surface area contributed by atoms with Gasteiger partial charge in [0.1, 0.15) is 17.2 Å². The molecule has 0 aliphatic heterocycles. The predicted molar refractivity (Wildman–Crippen MR) is 92.1 cm³/mol. The van der Waals surface area contributed by atoms with Crippen molar-refractivity contribution in [3.8, 4) is 17.2 Å². The van der Waals surface area contributed by atoms with Crippen molar-refractivity contribution in [3.05, 3.63) is 52.5 Å². The summed E-state index contributed by atoms with van der Waals surface area (Å²) in [6, 6.07) is 13.7. The molecule has 22 heavy (non-hydrogen) atoms. The lowest BCUT2D eigenvalue weighted by Crippen LogP contribution is -2.05. The van der Waals surface area contributed by atoms with Crippen molar-refractivity contribution < 1.29 is 14.2 Å². The third kappa shape index (κ3) is 5.26. The van der Waals surface area contributed by atoms with Crippen molar-refractivity contribution in [2.75, 3.05) is 19.8 Å². The Kier molecular flexibility index (Phi) is 6.59. The summed E-state index contributed by atoms with van der Waals surface area (Å²) in [5.74, 6) is 2.58. The highest BCUT2D eigenvalue weighted by Gasteiger charge is 2.01. The van der Waals surface area contributed by atoms with Gasteiger partial charge in [-0.3, -0.25) is 0 Å². The Balaban J connectivity index is 1.68. The minimum atomic E-state index is 0.622. The molecule has 0 N–H and O–H groups in total. The fourth-order valence-corrected chi connectivity index (χ4v) is 2.56. The number of benzene rings is 2. The van der Waals surface area contributed by atoms with Gasteiger partial charge in [0.25, 0.3) is 0 Å². The zero-order chi connectivity index (χ0) is 15.8. The second-order valence-electron chi connectivity index (χ2n) is 4.89. The third-order valence-electron chi connectivity index (χ3n) is 3.04. The van der Waals surface area contributed by atoms with Crippen LogP contribution in [0.5, 0.6) is 17.2 Å². The number of rotatable bonds is 8. The van der Waals surface area contributed by atoms with Gasteiger partial charge in [0, 0.05) is 6.42 Å². The molecular formula is C18H21BrO3. The summed E-state index contributed by atoms with van der Waals surface area (Å²) in [4.78, 5) is 0. The van der Waals surface area contributed by atoms with Gasteiger partial charge in [-0.05, 0) is 71.7 Å². The highest BCUT2D eigenvalue weighted by Crippen LogP contribution is 2.25. The molecule has 2 aromatic rings. The molecular weight excluding hydrogens is 344 g/mol. The summed E-state index contributed by atoms with van der Waals surface area (Å²) in [6.45, 7) is 5.94. The minimum Gasteiger partial charge on any atom is -0.494 e. The maximum atomic E-state index is 5.73. The van der Waals surface area contributed by atoms with Gasteiger partial charge in [-0.2, -0.15) is 0 Å². The summed E-state index contributed by atoms with van der Waals surface area (Å²) < 4.78 is 17.8. The molecule has 0 spiro atoms. The van der Waals surface area contributed by atoms with Gasteiger partial charge >= 0.3 is 0 Å². The van der Waals surface area contributed by atoms with E-state index in [9.17, 15) is 0 Å². The molecule has 0 atom stereocenters. The molecule has 0 aromatic heterocycles. The zero-order valence-corrected chi connectivity index (χ0v) is 14.6. The zero-order valence-electron chi connectivity index (χ0n) is 13.0. The van der Waals surface area contributed by atoms with E-state index in [-0.39, 0.29) is 0 Å². The molecule has 4 heteroatoms. The van der Waals surface area contributed by atoms with Crippen LogP contribution in [-0.4, -0.2) is 19.8 Å². The molecule has 0 unspecified atom stereocenters. The van der Waals surface area contributed by atoms with Crippen LogP contribution in [0.3, 0.4) is 0 Å². The highest BCUT2D eigenvalue weighted by atomic mass is 79.9. The van der Waals surface area contributed by atoms with Crippen LogP contribution in [0, 0.1) is 6.92 Å². The maximum Gasteiger partial charge on any atom is 0.133 e. The number of hydrogen-bond donors (Lipinski definition) is 0. The maximum absolute atomic E-state index is 5.73. The molecule has 0 amide bonds. The molecule has 0 radical (unpaired) electrons. The van der Waals surface area contributed by atoms with E-state index in [0.29, 0.717) is 19.8 Å². The van der Waals surface area contributed by atoms with Gasteiger partial charge in [-0.25, -0.2) is 0 Å². The van der Waals surface area contributed by atoms with Gasteiger partial charge < -0.3 is 14.2 Å². The van der Waals surface area contributed by atoms with E-state index in [1.165, 1.54) is 5.56 Å². The third-order valence-corrected chi connectivity index (χ3v) is 3.66. The number of ether oxygens (including phenoxy) is 3. The fourth-order valence-electron chi connectivity index (χ4n) is 1.95. The first-order valence-electron chi connectivity index (χ1n) is 7.43. The quantitative estimate of drug-likeness (QED) is 0.616. The van der Waals surface area contributed by atoms with Gasteiger partial charge in [-0.1, -0.05) is 6.07 Å². The molecule has 2 aromatic carbocycles. The standard InChI is InChI=1S/C18H21BrO3/c1-3-20-15-6-8-16(9-7-15)21-11-4-12-22-18-10-5-14(2)13-17(18)19/h5-10,13H,3-4,11-12H2,1-2H3. The van der Waals surface area contributed by atoms with E-state index < -0.39 is 0 Å². The number of halogens is 1. The summed E-state index contributed by atoms with van der Waals surface area (Å²) in [5, 5.41) is 0.